The van der Waals surface area contributed by atoms with Crippen molar-refractivity contribution in [2.24, 2.45) is 0 Å². The van der Waals surface area contributed by atoms with E-state index in [9.17, 15) is 24.8 Å². The van der Waals surface area contributed by atoms with E-state index in [1.165, 1.54) is 26.4 Å². The number of rotatable bonds is 5. The summed E-state index contributed by atoms with van der Waals surface area (Å²) in [7, 11) is 2.51. The zero-order chi connectivity index (χ0) is 23.9. The number of ketones is 1. The van der Waals surface area contributed by atoms with Gasteiger partial charge in [0.15, 0.2) is 11.5 Å². The molecule has 0 saturated heterocycles. The molecule has 2 atom stereocenters. The Hall–Kier alpha value is -3.66. The number of benzene rings is 1. The largest absolute Gasteiger partial charge is 0.500 e. The Balaban J connectivity index is 1.91. The molecule has 2 heterocycles. The van der Waals surface area contributed by atoms with Crippen LogP contribution in [0.3, 0.4) is 0 Å². The van der Waals surface area contributed by atoms with E-state index in [0.29, 0.717) is 23.4 Å². The molecule has 2 aromatic rings. The number of nitro groups is 1. The lowest BCUT2D eigenvalue weighted by molar-refractivity contribution is -0.386. The van der Waals surface area contributed by atoms with E-state index in [4.69, 9.17) is 9.47 Å². The Bertz CT molecular complexity index is 1210. The molecule has 0 unspecified atom stereocenters. The molecule has 0 spiro atoms. The molecule has 2 N–H and O–H groups in total. The highest BCUT2D eigenvalue weighted by atomic mass is 32.1. The summed E-state index contributed by atoms with van der Waals surface area (Å²) in [6.45, 7) is 1.70. The fourth-order valence-electron chi connectivity index (χ4n) is 4.55. The van der Waals surface area contributed by atoms with Gasteiger partial charge in [0.2, 0.25) is 5.75 Å². The van der Waals surface area contributed by atoms with Gasteiger partial charge < -0.3 is 19.9 Å². The van der Waals surface area contributed by atoms with Crippen LogP contribution in [0.5, 0.6) is 11.5 Å². The highest BCUT2D eigenvalue weighted by molar-refractivity contribution is 7.10. The van der Waals surface area contributed by atoms with E-state index in [1.54, 1.807) is 18.3 Å². The van der Waals surface area contributed by atoms with Crippen molar-refractivity contribution in [1.29, 1.82) is 0 Å². The number of Topliss-reactive ketones (excluding diaryl/α,β-unsaturated/α-hetero) is 1. The third kappa shape index (κ3) is 3.86. The van der Waals surface area contributed by atoms with Crippen molar-refractivity contribution in [1.82, 2.24) is 5.32 Å². The van der Waals surface area contributed by atoms with Crippen LogP contribution in [0.1, 0.15) is 42.0 Å². The van der Waals surface area contributed by atoms with Crippen molar-refractivity contribution in [3.05, 3.63) is 72.7 Å². The number of nitrogens with zero attached hydrogens (tertiary/aromatic N) is 1. The lowest BCUT2D eigenvalue weighted by Gasteiger charge is -2.36. The van der Waals surface area contributed by atoms with Gasteiger partial charge in [-0.2, -0.15) is 0 Å². The van der Waals surface area contributed by atoms with Gasteiger partial charge in [0, 0.05) is 46.2 Å². The van der Waals surface area contributed by atoms with Crippen LogP contribution in [-0.2, 0) is 14.3 Å². The zero-order valence-electron chi connectivity index (χ0n) is 18.2. The number of carbonyl (C=O) groups is 2. The maximum absolute atomic E-state index is 13.4. The Morgan fingerprint density at radius 2 is 2.06 bits per heavy atom. The van der Waals surface area contributed by atoms with Gasteiger partial charge >= 0.3 is 11.7 Å². The topological polar surface area (TPSA) is 128 Å². The molecule has 1 aromatic carbocycles. The summed E-state index contributed by atoms with van der Waals surface area (Å²) in [5.74, 6) is -2.46. The summed E-state index contributed by atoms with van der Waals surface area (Å²) >= 11 is 1.58. The number of nitro benzene ring substituents is 1. The van der Waals surface area contributed by atoms with Crippen molar-refractivity contribution in [3.63, 3.8) is 0 Å². The van der Waals surface area contributed by atoms with Gasteiger partial charge in [0.1, 0.15) is 0 Å². The Morgan fingerprint density at radius 1 is 1.30 bits per heavy atom. The number of esters is 1. The predicted molar refractivity (Wildman–Crippen MR) is 120 cm³/mol. The minimum atomic E-state index is -0.904. The quantitative estimate of drug-likeness (QED) is 0.382. The van der Waals surface area contributed by atoms with Crippen LogP contribution in [0.15, 0.2) is 52.2 Å². The molecule has 33 heavy (non-hydrogen) atoms. The predicted octanol–water partition coefficient (Wildman–Crippen LogP) is 3.91. The van der Waals surface area contributed by atoms with Crippen molar-refractivity contribution in [3.8, 4) is 11.5 Å². The van der Waals surface area contributed by atoms with E-state index < -0.39 is 28.2 Å². The van der Waals surface area contributed by atoms with Gasteiger partial charge in [-0.3, -0.25) is 14.9 Å². The zero-order valence-corrected chi connectivity index (χ0v) is 19.0. The number of nitrogens with one attached hydrogen (secondary N) is 1. The minimum Gasteiger partial charge on any atom is -0.500 e. The number of phenolic OH excluding ortho intramolecular Hbond substituents is 1. The first-order valence-corrected chi connectivity index (χ1v) is 11.1. The van der Waals surface area contributed by atoms with Crippen molar-refractivity contribution < 1.29 is 29.1 Å². The second kappa shape index (κ2) is 8.70. The Labute approximate surface area is 193 Å². The first-order valence-electron chi connectivity index (χ1n) is 10.2. The monoisotopic (exact) mass is 470 g/mol. The summed E-state index contributed by atoms with van der Waals surface area (Å²) < 4.78 is 10.1. The maximum Gasteiger partial charge on any atom is 0.336 e. The van der Waals surface area contributed by atoms with Crippen LogP contribution in [0, 0.1) is 10.1 Å². The highest BCUT2D eigenvalue weighted by Gasteiger charge is 2.42. The average Bonchev–Trinajstić information content (AvgIpc) is 3.32. The van der Waals surface area contributed by atoms with E-state index in [0.717, 1.165) is 4.88 Å². The highest BCUT2D eigenvalue weighted by Crippen LogP contribution is 2.49. The molecule has 9 nitrogen and oxygen atoms in total. The normalized spacial score (nSPS) is 20.3. The van der Waals surface area contributed by atoms with Crippen LogP contribution in [0.2, 0.25) is 0 Å². The molecular formula is C23H22N2O7S. The standard InChI is InChI=1S/C23H22N2O7S/c1-11-19(23(28)32-3)20(13-8-15(25(29)30)22(27)17(10-13)31-2)21-14(24-11)7-12(9-16(21)26)18-5-4-6-33-18/h4-6,8,10,12,20,24,27H,7,9H2,1-3H3/t12-,20-/m0/s1. The molecule has 0 saturated carbocycles. The fourth-order valence-corrected chi connectivity index (χ4v) is 5.38. The number of ether oxygens (including phenoxy) is 2. The molecule has 0 fully saturated rings. The maximum atomic E-state index is 13.4. The van der Waals surface area contributed by atoms with Gasteiger partial charge in [-0.1, -0.05) is 6.07 Å². The van der Waals surface area contributed by atoms with Gasteiger partial charge in [-0.05, 0) is 36.4 Å². The van der Waals surface area contributed by atoms with Crippen LogP contribution in [0.25, 0.3) is 0 Å². The Morgan fingerprint density at radius 3 is 2.67 bits per heavy atom. The van der Waals surface area contributed by atoms with Gasteiger partial charge in [0.05, 0.1) is 24.7 Å². The van der Waals surface area contributed by atoms with Crippen LogP contribution in [-0.4, -0.2) is 36.0 Å². The van der Waals surface area contributed by atoms with Gasteiger partial charge in [-0.25, -0.2) is 4.79 Å². The number of thiophene rings is 1. The summed E-state index contributed by atoms with van der Waals surface area (Å²) in [4.78, 5) is 38.1. The lowest BCUT2D eigenvalue weighted by Crippen LogP contribution is -2.35. The average molecular weight is 471 g/mol. The fraction of sp³-hybridized carbons (Fsp3) is 0.304. The molecule has 0 bridgehead atoms. The summed E-state index contributed by atoms with van der Waals surface area (Å²) in [6, 6.07) is 6.52. The van der Waals surface area contributed by atoms with Crippen LogP contribution >= 0.6 is 11.3 Å². The SMILES string of the molecule is COC(=O)C1=C(C)NC2=C(C(=O)C[C@@H](c3cccs3)C2)[C@H]1c1cc(OC)c(O)c([N+](=O)[O-])c1. The third-order valence-corrected chi connectivity index (χ3v) is 7.04. The first kappa shape index (κ1) is 22.5. The van der Waals surface area contributed by atoms with Crippen molar-refractivity contribution in [2.75, 3.05) is 14.2 Å². The van der Waals surface area contributed by atoms with Crippen LogP contribution in [0.4, 0.5) is 5.69 Å². The smallest absolute Gasteiger partial charge is 0.336 e. The van der Waals surface area contributed by atoms with E-state index in [1.807, 2.05) is 17.5 Å². The number of methoxy groups -OCH3 is 2. The molecule has 1 aliphatic heterocycles. The number of dihydropyridines is 1. The summed E-state index contributed by atoms with van der Waals surface area (Å²) in [5.41, 5.74) is 1.44. The minimum absolute atomic E-state index is 0.000525. The summed E-state index contributed by atoms with van der Waals surface area (Å²) in [5, 5.41) is 27.0. The van der Waals surface area contributed by atoms with E-state index >= 15 is 0 Å². The van der Waals surface area contributed by atoms with Crippen molar-refractivity contribution in [2.45, 2.75) is 31.6 Å². The second-order valence-electron chi connectivity index (χ2n) is 7.87. The van der Waals surface area contributed by atoms with Gasteiger partial charge in [-0.15, -0.1) is 11.3 Å². The van der Waals surface area contributed by atoms with Crippen LogP contribution < -0.4 is 10.1 Å². The first-order chi connectivity index (χ1) is 15.8. The number of allylic oxidation sites excluding steroid dienone is 3. The molecule has 0 amide bonds. The number of hydrogen-bond acceptors (Lipinski definition) is 9. The third-order valence-electron chi connectivity index (χ3n) is 6.01. The van der Waals surface area contributed by atoms with E-state index in [2.05, 4.69) is 5.32 Å². The molecule has 2 aliphatic rings. The number of aromatic hydroxyl groups is 1. The van der Waals surface area contributed by atoms with Gasteiger partial charge in [0.25, 0.3) is 0 Å². The van der Waals surface area contributed by atoms with E-state index in [-0.39, 0.29) is 35.0 Å². The number of hydrogen-bond donors (Lipinski definition) is 2. The lowest BCUT2D eigenvalue weighted by atomic mass is 9.72. The molecule has 10 heteroatoms. The molecule has 4 rings (SSSR count). The molecule has 172 valence electrons. The van der Waals surface area contributed by atoms with Crippen molar-refractivity contribution >= 4 is 28.8 Å². The second-order valence-corrected chi connectivity index (χ2v) is 8.85. The number of carbonyl (C=O) groups excluding carboxylic acids is 2. The molecular weight excluding hydrogens is 448 g/mol. The molecule has 1 aliphatic carbocycles. The number of phenols is 1. The molecule has 0 radical (unpaired) electrons. The Kier molecular flexibility index (Phi) is 5.94. The summed E-state index contributed by atoms with van der Waals surface area (Å²) in [6.07, 6.45) is 0.809. The molecule has 1 aromatic heterocycles.